The van der Waals surface area contributed by atoms with Gasteiger partial charge in [-0.25, -0.2) is 5.84 Å². The van der Waals surface area contributed by atoms with Crippen LogP contribution >= 0.6 is 0 Å². The van der Waals surface area contributed by atoms with Gasteiger partial charge in [-0.05, 0) is 7.05 Å². The van der Waals surface area contributed by atoms with E-state index in [-0.39, 0.29) is 0 Å². The Labute approximate surface area is 83.7 Å². The molecule has 0 bridgehead atoms. The summed E-state index contributed by atoms with van der Waals surface area (Å²) >= 11 is 0. The molecule has 8 nitrogen and oxygen atoms in total. The first kappa shape index (κ1) is 23.0. The standard InChI is InChI=1S/C2H6N2O.C2H4O2.CH6N2.CH4O/c1-4(3)2-5;1-4-2-3;1-3-2;1-2/h2H,3H2,1H3;2H,1H3;3H,2H2,1H3;2H,1H3. The fraction of sp³-hybridized carbons (Fsp3) is 0.667. The van der Waals surface area contributed by atoms with Crippen molar-refractivity contribution in [3.63, 3.8) is 0 Å². The van der Waals surface area contributed by atoms with Crippen molar-refractivity contribution in [1.82, 2.24) is 10.4 Å². The molecular formula is C6H20N4O4. The summed E-state index contributed by atoms with van der Waals surface area (Å²) in [4.78, 5) is 18.3. The number of carbonyl (C=O) groups excluding carboxylic acids is 2. The molecule has 0 aliphatic heterocycles. The van der Waals surface area contributed by atoms with Crippen molar-refractivity contribution in [2.24, 2.45) is 11.7 Å². The lowest BCUT2D eigenvalue weighted by Gasteiger charge is -1.93. The SMILES string of the molecule is CN(N)C=O.CNN.CO.COC=O. The van der Waals surface area contributed by atoms with Crippen molar-refractivity contribution in [2.45, 2.75) is 0 Å². The van der Waals surface area contributed by atoms with Crippen LogP contribution in [0.1, 0.15) is 0 Å². The first-order valence-electron chi connectivity index (χ1n) is 3.31. The summed E-state index contributed by atoms with van der Waals surface area (Å²) in [6, 6.07) is 0. The number of ether oxygens (including phenoxy) is 1. The zero-order chi connectivity index (χ0) is 12.4. The van der Waals surface area contributed by atoms with Gasteiger partial charge in [0.1, 0.15) is 0 Å². The van der Waals surface area contributed by atoms with E-state index in [0.717, 1.165) is 12.1 Å². The normalized spacial score (nSPS) is 5.64. The van der Waals surface area contributed by atoms with Crippen molar-refractivity contribution in [3.05, 3.63) is 0 Å². The number of nitrogens with zero attached hydrogens (tertiary/aromatic N) is 1. The molecule has 8 heteroatoms. The van der Waals surface area contributed by atoms with E-state index in [1.807, 2.05) is 0 Å². The number of rotatable bonds is 2. The van der Waals surface area contributed by atoms with Crippen LogP contribution in [0.15, 0.2) is 0 Å². The third-order valence-corrected chi connectivity index (χ3v) is 0.262. The number of hydrogen-bond acceptors (Lipinski definition) is 7. The van der Waals surface area contributed by atoms with Crippen LogP contribution in [0.3, 0.4) is 0 Å². The number of aliphatic hydroxyl groups is 1. The molecule has 14 heavy (non-hydrogen) atoms. The van der Waals surface area contributed by atoms with Gasteiger partial charge in [0.05, 0.1) is 7.11 Å². The van der Waals surface area contributed by atoms with Crippen molar-refractivity contribution < 1.29 is 19.4 Å². The molecule has 0 aromatic rings. The molecule has 0 radical (unpaired) electrons. The van der Waals surface area contributed by atoms with Crippen LogP contribution in [0, 0.1) is 0 Å². The molecule has 0 rings (SSSR count). The Kier molecular flexibility index (Phi) is 67.3. The molecular weight excluding hydrogens is 192 g/mol. The number of hydrogen-bond donors (Lipinski definition) is 4. The topological polar surface area (TPSA) is 131 Å². The third kappa shape index (κ3) is 325. The Morgan fingerprint density at radius 1 is 1.43 bits per heavy atom. The molecule has 0 aliphatic rings. The monoisotopic (exact) mass is 212 g/mol. The van der Waals surface area contributed by atoms with Gasteiger partial charge in [-0.15, -0.1) is 0 Å². The predicted molar refractivity (Wildman–Crippen MR) is 52.5 cm³/mol. The van der Waals surface area contributed by atoms with E-state index in [2.05, 4.69) is 16.0 Å². The Bertz CT molecular complexity index is 91.9. The van der Waals surface area contributed by atoms with Crippen LogP contribution in [0.4, 0.5) is 0 Å². The molecule has 0 heterocycles. The van der Waals surface area contributed by atoms with Gasteiger partial charge >= 0.3 is 0 Å². The van der Waals surface area contributed by atoms with E-state index in [1.165, 1.54) is 14.2 Å². The molecule has 0 unspecified atom stereocenters. The Hall–Kier alpha value is -1.22. The summed E-state index contributed by atoms with van der Waals surface area (Å²) in [6.45, 7) is 0.375. The minimum absolute atomic E-state index is 0.375. The van der Waals surface area contributed by atoms with Crippen molar-refractivity contribution in [1.29, 1.82) is 0 Å². The van der Waals surface area contributed by atoms with Crippen LogP contribution < -0.4 is 17.1 Å². The van der Waals surface area contributed by atoms with Crippen molar-refractivity contribution >= 4 is 12.9 Å². The minimum Gasteiger partial charge on any atom is -0.471 e. The predicted octanol–water partition coefficient (Wildman–Crippen LogP) is -2.57. The Morgan fingerprint density at radius 2 is 1.57 bits per heavy atom. The summed E-state index contributed by atoms with van der Waals surface area (Å²) in [6.07, 6.45) is 0.528. The van der Waals surface area contributed by atoms with Crippen LogP contribution in [-0.2, 0) is 14.3 Å². The lowest BCUT2D eigenvalue weighted by Crippen LogP contribution is -2.23. The number of nitrogens with two attached hydrogens (primary N) is 2. The smallest absolute Gasteiger partial charge is 0.292 e. The number of amides is 1. The number of nitrogens with one attached hydrogen (secondary N) is 1. The summed E-state index contributed by atoms with van der Waals surface area (Å²) in [5, 5.41) is 7.94. The number of aliphatic hydroxyl groups excluding tert-OH is 1. The molecule has 0 atom stereocenters. The highest BCUT2D eigenvalue weighted by atomic mass is 16.5. The highest BCUT2D eigenvalue weighted by Crippen LogP contribution is 1.43. The zero-order valence-electron chi connectivity index (χ0n) is 8.93. The summed E-state index contributed by atoms with van der Waals surface area (Å²) in [5.74, 6) is 9.35. The van der Waals surface area contributed by atoms with Gasteiger partial charge in [-0.2, -0.15) is 0 Å². The molecule has 88 valence electrons. The lowest BCUT2D eigenvalue weighted by molar-refractivity contribution is -0.126. The van der Waals surface area contributed by atoms with Crippen LogP contribution in [-0.4, -0.2) is 51.3 Å². The molecule has 0 spiro atoms. The number of methoxy groups -OCH3 is 1. The number of hydrazine groups is 2. The van der Waals surface area contributed by atoms with Gasteiger partial charge in [0.15, 0.2) is 0 Å². The first-order valence-corrected chi connectivity index (χ1v) is 3.31. The van der Waals surface area contributed by atoms with E-state index in [9.17, 15) is 4.79 Å². The third-order valence-electron chi connectivity index (χ3n) is 0.262. The molecule has 0 saturated heterocycles. The zero-order valence-corrected chi connectivity index (χ0v) is 8.93. The second-order valence-electron chi connectivity index (χ2n) is 1.39. The minimum atomic E-state index is 0.375. The maximum atomic E-state index is 9.31. The van der Waals surface area contributed by atoms with Gasteiger partial charge in [0.2, 0.25) is 6.41 Å². The maximum absolute atomic E-state index is 9.31. The molecule has 6 N–H and O–H groups in total. The molecule has 0 aromatic heterocycles. The van der Waals surface area contributed by atoms with Gasteiger partial charge in [0.25, 0.3) is 6.47 Å². The van der Waals surface area contributed by atoms with E-state index < -0.39 is 0 Å². The van der Waals surface area contributed by atoms with Gasteiger partial charge in [-0.1, -0.05) is 0 Å². The lowest BCUT2D eigenvalue weighted by atomic mass is 11.2. The van der Waals surface area contributed by atoms with Crippen molar-refractivity contribution in [2.75, 3.05) is 28.3 Å². The van der Waals surface area contributed by atoms with E-state index in [1.54, 1.807) is 7.05 Å². The summed E-state index contributed by atoms with van der Waals surface area (Å²) in [5.41, 5.74) is 2.25. The Balaban J connectivity index is -0.0000000505. The van der Waals surface area contributed by atoms with Crippen LogP contribution in [0.2, 0.25) is 0 Å². The van der Waals surface area contributed by atoms with Crippen molar-refractivity contribution in [3.8, 4) is 0 Å². The van der Waals surface area contributed by atoms with Crippen LogP contribution in [0.25, 0.3) is 0 Å². The average molecular weight is 212 g/mol. The summed E-state index contributed by atoms with van der Waals surface area (Å²) in [7, 11) is 5.43. The Morgan fingerprint density at radius 3 is 1.57 bits per heavy atom. The van der Waals surface area contributed by atoms with Gasteiger partial charge < -0.3 is 9.84 Å². The molecule has 1 amide bonds. The number of carbonyl (C=O) groups is 2. The van der Waals surface area contributed by atoms with E-state index >= 15 is 0 Å². The highest BCUT2D eigenvalue weighted by Gasteiger charge is 1.68. The largest absolute Gasteiger partial charge is 0.471 e. The maximum Gasteiger partial charge on any atom is 0.292 e. The average Bonchev–Trinajstić information content (AvgIpc) is 2.22. The first-order chi connectivity index (χ1) is 6.60. The second kappa shape index (κ2) is 41.0. The fourth-order valence-corrected chi connectivity index (χ4v) is 0. The second-order valence-corrected chi connectivity index (χ2v) is 1.39. The quantitative estimate of drug-likeness (QED) is 0.171. The van der Waals surface area contributed by atoms with Crippen LogP contribution in [0.5, 0.6) is 0 Å². The fourth-order valence-electron chi connectivity index (χ4n) is 0. The summed E-state index contributed by atoms with van der Waals surface area (Å²) < 4.78 is 3.86. The molecule has 0 aliphatic carbocycles. The van der Waals surface area contributed by atoms with Gasteiger partial charge in [0, 0.05) is 14.2 Å². The van der Waals surface area contributed by atoms with E-state index in [0.29, 0.717) is 12.9 Å². The molecule has 0 fully saturated rings. The highest BCUT2D eigenvalue weighted by molar-refractivity contribution is 5.44. The molecule has 0 aromatic carbocycles. The van der Waals surface area contributed by atoms with E-state index in [4.69, 9.17) is 15.7 Å². The van der Waals surface area contributed by atoms with Gasteiger partial charge in [-0.3, -0.25) is 25.9 Å². The molecule has 0 saturated carbocycles.